The van der Waals surface area contributed by atoms with Gasteiger partial charge in [0, 0.05) is 10.8 Å². The fraction of sp³-hybridized carbons (Fsp3) is 0.800. The Balaban J connectivity index is 2.30. The van der Waals surface area contributed by atoms with Gasteiger partial charge < -0.3 is 5.84 Å². The van der Waals surface area contributed by atoms with Gasteiger partial charge >= 0.3 is 0 Å². The second-order valence-corrected chi connectivity index (χ2v) is 5.31. The first-order valence-electron chi connectivity index (χ1n) is 4.69. The molecule has 2 N–H and O–H groups in total. The van der Waals surface area contributed by atoms with Crippen LogP contribution in [0.1, 0.15) is 27.7 Å². The summed E-state index contributed by atoms with van der Waals surface area (Å²) in [6, 6.07) is 0. The van der Waals surface area contributed by atoms with Crippen molar-refractivity contribution in [3.05, 3.63) is 0 Å². The first-order chi connectivity index (χ1) is 5.85. The van der Waals surface area contributed by atoms with Crippen LogP contribution in [0.5, 0.6) is 0 Å². The highest BCUT2D eigenvalue weighted by atomic mass is 16.1. The molecule has 4 atom stereocenters. The van der Waals surface area contributed by atoms with E-state index in [1.807, 2.05) is 0 Å². The molecule has 4 fully saturated rings. The van der Waals surface area contributed by atoms with Crippen LogP contribution < -0.4 is 5.84 Å². The van der Waals surface area contributed by atoms with Crippen molar-refractivity contribution < 1.29 is 4.79 Å². The minimum absolute atomic E-state index is 0.0272. The van der Waals surface area contributed by atoms with Crippen molar-refractivity contribution in [2.45, 2.75) is 27.7 Å². The van der Waals surface area contributed by atoms with Gasteiger partial charge in [-0.3, -0.25) is 4.79 Å². The van der Waals surface area contributed by atoms with Crippen LogP contribution in [-0.2, 0) is 4.79 Å². The molecule has 2 bridgehead atoms. The van der Waals surface area contributed by atoms with Crippen LogP contribution in [0.3, 0.4) is 0 Å². The molecule has 4 saturated carbocycles. The van der Waals surface area contributed by atoms with E-state index in [2.05, 4.69) is 32.8 Å². The van der Waals surface area contributed by atoms with Gasteiger partial charge in [0.25, 0.3) is 0 Å². The molecule has 3 nitrogen and oxygen atoms in total. The van der Waals surface area contributed by atoms with Crippen molar-refractivity contribution in [2.75, 3.05) is 0 Å². The predicted molar refractivity (Wildman–Crippen MR) is 49.1 cm³/mol. The molecule has 0 amide bonds. The largest absolute Gasteiger partial charge is 0.323 e. The summed E-state index contributed by atoms with van der Waals surface area (Å²) in [5.74, 6) is 5.47. The molecule has 0 radical (unpaired) electrons. The van der Waals surface area contributed by atoms with Crippen molar-refractivity contribution >= 4 is 11.5 Å². The normalized spacial score (nSPS) is 69.8. The molecule has 0 aromatic carbocycles. The maximum absolute atomic E-state index is 11.9. The molecular formula is C10H14N2O. The lowest BCUT2D eigenvalue weighted by Gasteiger charge is -2.21. The monoisotopic (exact) mass is 178 g/mol. The number of hydrogen-bond acceptors (Lipinski definition) is 3. The maximum atomic E-state index is 11.9. The van der Waals surface area contributed by atoms with Crippen molar-refractivity contribution in [1.29, 1.82) is 0 Å². The lowest BCUT2D eigenvalue weighted by atomic mass is 9.79. The summed E-state index contributed by atoms with van der Waals surface area (Å²) in [6.45, 7) is 8.53. The van der Waals surface area contributed by atoms with Gasteiger partial charge in [0.05, 0.1) is 0 Å². The van der Waals surface area contributed by atoms with E-state index in [1.165, 1.54) is 0 Å². The molecule has 0 saturated heterocycles. The Kier molecular flexibility index (Phi) is 0.731. The zero-order chi connectivity index (χ0) is 9.86. The number of nitrogens with zero attached hydrogens (tertiary/aromatic N) is 1. The van der Waals surface area contributed by atoms with E-state index in [1.54, 1.807) is 0 Å². The van der Waals surface area contributed by atoms with E-state index >= 15 is 0 Å². The van der Waals surface area contributed by atoms with E-state index in [9.17, 15) is 4.79 Å². The van der Waals surface area contributed by atoms with Crippen LogP contribution in [0.25, 0.3) is 0 Å². The van der Waals surface area contributed by atoms with Gasteiger partial charge in [0.2, 0.25) is 0 Å². The Bertz CT molecular complexity index is 382. The van der Waals surface area contributed by atoms with Crippen molar-refractivity contribution in [2.24, 2.45) is 32.6 Å². The van der Waals surface area contributed by atoms with Crippen LogP contribution in [0, 0.1) is 21.7 Å². The van der Waals surface area contributed by atoms with E-state index in [-0.39, 0.29) is 27.4 Å². The van der Waals surface area contributed by atoms with Crippen molar-refractivity contribution in [3.63, 3.8) is 0 Å². The van der Waals surface area contributed by atoms with Gasteiger partial charge in [0.1, 0.15) is 5.71 Å². The Morgan fingerprint density at radius 3 is 1.69 bits per heavy atom. The molecule has 0 aliphatic heterocycles. The smallest absolute Gasteiger partial charge is 0.186 e. The number of carbonyl (C=O) groups excluding carboxylic acids is 1. The number of carbonyl (C=O) groups is 1. The number of fused-ring (bicyclic) bond motifs is 1. The van der Waals surface area contributed by atoms with Crippen LogP contribution >= 0.6 is 0 Å². The maximum Gasteiger partial charge on any atom is 0.186 e. The summed E-state index contributed by atoms with van der Waals surface area (Å²) in [7, 11) is 0. The Morgan fingerprint density at radius 2 is 1.54 bits per heavy atom. The minimum atomic E-state index is -0.160. The number of rotatable bonds is 0. The predicted octanol–water partition coefficient (Wildman–Crippen LogP) is 0.936. The van der Waals surface area contributed by atoms with Crippen molar-refractivity contribution in [1.82, 2.24) is 0 Å². The van der Waals surface area contributed by atoms with Gasteiger partial charge in [-0.15, -0.1) is 0 Å². The first-order valence-corrected chi connectivity index (χ1v) is 4.69. The summed E-state index contributed by atoms with van der Waals surface area (Å²) >= 11 is 0. The molecular weight excluding hydrogens is 164 g/mol. The molecule has 4 aliphatic rings. The molecule has 70 valence electrons. The van der Waals surface area contributed by atoms with Crippen LogP contribution in [0.4, 0.5) is 0 Å². The molecule has 4 rings (SSSR count). The summed E-state index contributed by atoms with van der Waals surface area (Å²) in [5.41, 5.74) is 0.720. The second kappa shape index (κ2) is 1.26. The lowest BCUT2D eigenvalue weighted by molar-refractivity contribution is -0.118. The first kappa shape index (κ1) is 7.54. The highest BCUT2D eigenvalue weighted by Gasteiger charge is 3.12. The molecule has 0 spiro atoms. The minimum Gasteiger partial charge on any atom is -0.323 e. The fourth-order valence-electron chi connectivity index (χ4n) is 4.77. The van der Waals surface area contributed by atoms with Crippen LogP contribution in [0.2, 0.25) is 0 Å². The Hall–Kier alpha value is -0.860. The summed E-state index contributed by atoms with van der Waals surface area (Å²) in [6.07, 6.45) is 0. The summed E-state index contributed by atoms with van der Waals surface area (Å²) in [4.78, 5) is 11.9. The quantitative estimate of drug-likeness (QED) is 0.443. The zero-order valence-electron chi connectivity index (χ0n) is 8.43. The number of Topliss-reactive ketones (excluding diaryl/α,β-unsaturated/α-hetero) is 1. The highest BCUT2D eigenvalue weighted by molar-refractivity contribution is 6.53. The molecule has 0 aromatic heterocycles. The van der Waals surface area contributed by atoms with Gasteiger partial charge in [0.15, 0.2) is 5.78 Å². The third-order valence-electron chi connectivity index (χ3n) is 6.15. The number of nitrogens with two attached hydrogens (primary N) is 1. The molecule has 0 heterocycles. The molecule has 0 aromatic rings. The van der Waals surface area contributed by atoms with Gasteiger partial charge in [-0.2, -0.15) is 5.10 Å². The fourth-order valence-corrected chi connectivity index (χ4v) is 4.77. The van der Waals surface area contributed by atoms with Crippen molar-refractivity contribution in [3.8, 4) is 0 Å². The Labute approximate surface area is 77.4 Å². The van der Waals surface area contributed by atoms with E-state index in [0.29, 0.717) is 5.71 Å². The third-order valence-corrected chi connectivity index (χ3v) is 6.15. The van der Waals surface area contributed by atoms with Gasteiger partial charge in [-0.25, -0.2) is 0 Å². The number of ketones is 1. The van der Waals surface area contributed by atoms with E-state index < -0.39 is 0 Å². The molecule has 3 heteroatoms. The number of hydrazone groups is 1. The van der Waals surface area contributed by atoms with Crippen LogP contribution in [0.15, 0.2) is 5.10 Å². The topological polar surface area (TPSA) is 55.5 Å². The third kappa shape index (κ3) is 0.275. The molecule has 3 unspecified atom stereocenters. The van der Waals surface area contributed by atoms with E-state index in [4.69, 9.17) is 5.84 Å². The van der Waals surface area contributed by atoms with E-state index in [0.717, 1.165) is 0 Å². The van der Waals surface area contributed by atoms with Crippen LogP contribution in [-0.4, -0.2) is 11.5 Å². The second-order valence-electron chi connectivity index (χ2n) is 5.31. The standard InChI is InChI=1S/C10H14N2O/c1-7-5(12-11)6(13)8(2)9(7,3)10(7,8)4/h11H2,1-4H3/b12-5+/t7?,8?,9-,10?/m0/s1. The molecule has 13 heavy (non-hydrogen) atoms. The average molecular weight is 178 g/mol. The average Bonchev–Trinajstić information content (AvgIpc) is 2.62. The Morgan fingerprint density at radius 1 is 1.08 bits per heavy atom. The highest BCUT2D eigenvalue weighted by Crippen LogP contribution is 3.09. The SMILES string of the molecule is CC12C(=O)/C(=N\N)C3(C)C1(C)[C@]23C. The molecule has 4 aliphatic carbocycles. The van der Waals surface area contributed by atoms with Gasteiger partial charge in [-0.05, 0) is 10.8 Å². The summed E-state index contributed by atoms with van der Waals surface area (Å²) < 4.78 is 0. The zero-order valence-corrected chi connectivity index (χ0v) is 8.43. The van der Waals surface area contributed by atoms with Gasteiger partial charge in [-0.1, -0.05) is 27.7 Å². The lowest BCUT2D eigenvalue weighted by Crippen LogP contribution is -2.22. The number of hydrogen-bond donors (Lipinski definition) is 1. The summed E-state index contributed by atoms with van der Waals surface area (Å²) in [5, 5.41) is 3.69.